The molecule has 116 valence electrons. The molecule has 0 aromatic heterocycles. The van der Waals surface area contributed by atoms with Crippen LogP contribution in [0.2, 0.25) is 0 Å². The Hall–Kier alpha value is -1.12. The maximum absolute atomic E-state index is 4.02. The van der Waals surface area contributed by atoms with E-state index in [-0.39, 0.29) is 0 Å². The smallest absolute Gasteiger partial charge is 0.113 e. The van der Waals surface area contributed by atoms with E-state index in [0.717, 1.165) is 24.8 Å². The lowest BCUT2D eigenvalue weighted by atomic mass is 9.74. The Morgan fingerprint density at radius 1 is 1.33 bits per heavy atom. The average Bonchev–Trinajstić information content (AvgIpc) is 2.47. The standard InChI is InChI=1S/C19H30N2/c1-5-12-19(14-17(3)21(4)15-16(19)2)20-13-11-18-9-7-6-8-10-18/h5-10,16-17,20H,1,11-15H2,2-4H3/p+2/t16-,17-,19-/m1/s1. The summed E-state index contributed by atoms with van der Waals surface area (Å²) in [6.07, 6.45) is 5.70. The Balaban J connectivity index is 1.99. The lowest BCUT2D eigenvalue weighted by molar-refractivity contribution is -0.928. The van der Waals surface area contributed by atoms with Gasteiger partial charge in [-0.1, -0.05) is 43.3 Å². The summed E-state index contributed by atoms with van der Waals surface area (Å²) in [7, 11) is 2.34. The molecule has 2 nitrogen and oxygen atoms in total. The second-order valence-electron chi connectivity index (χ2n) is 7.01. The van der Waals surface area contributed by atoms with Gasteiger partial charge < -0.3 is 10.2 Å². The van der Waals surface area contributed by atoms with Gasteiger partial charge in [0.15, 0.2) is 0 Å². The van der Waals surface area contributed by atoms with Gasteiger partial charge in [0.1, 0.15) is 5.54 Å². The van der Waals surface area contributed by atoms with Crippen LogP contribution in [0.5, 0.6) is 0 Å². The molecule has 1 fully saturated rings. The number of nitrogens with two attached hydrogens (primary N) is 1. The predicted molar refractivity (Wildman–Crippen MR) is 89.5 cm³/mol. The quantitative estimate of drug-likeness (QED) is 0.730. The van der Waals surface area contributed by atoms with E-state index in [4.69, 9.17) is 0 Å². The van der Waals surface area contributed by atoms with Crippen molar-refractivity contribution in [1.82, 2.24) is 0 Å². The highest BCUT2D eigenvalue weighted by Crippen LogP contribution is 2.25. The zero-order chi connectivity index (χ0) is 15.3. The fraction of sp³-hybridized carbons (Fsp3) is 0.579. The molecule has 2 heteroatoms. The highest BCUT2D eigenvalue weighted by molar-refractivity contribution is 5.14. The summed E-state index contributed by atoms with van der Waals surface area (Å²) in [5.41, 5.74) is 1.80. The summed E-state index contributed by atoms with van der Waals surface area (Å²) in [6.45, 7) is 11.3. The molecule has 0 radical (unpaired) electrons. The normalized spacial score (nSPS) is 32.8. The van der Waals surface area contributed by atoms with E-state index in [1.54, 1.807) is 4.90 Å². The van der Waals surface area contributed by atoms with Crippen molar-refractivity contribution in [1.29, 1.82) is 0 Å². The molecule has 1 aromatic carbocycles. The lowest BCUT2D eigenvalue weighted by Gasteiger charge is -2.44. The molecule has 0 saturated carbocycles. The lowest BCUT2D eigenvalue weighted by Crippen LogP contribution is -3.18. The highest BCUT2D eigenvalue weighted by atomic mass is 15.2. The second kappa shape index (κ2) is 7.24. The molecule has 0 bridgehead atoms. The number of hydrogen-bond acceptors (Lipinski definition) is 0. The molecule has 1 aliphatic heterocycles. The average molecular weight is 288 g/mol. The summed E-state index contributed by atoms with van der Waals surface area (Å²) in [6, 6.07) is 11.6. The maximum atomic E-state index is 4.02. The molecule has 0 amide bonds. The topological polar surface area (TPSA) is 21.1 Å². The van der Waals surface area contributed by atoms with E-state index in [9.17, 15) is 0 Å². The zero-order valence-electron chi connectivity index (χ0n) is 13.9. The van der Waals surface area contributed by atoms with Gasteiger partial charge in [0.2, 0.25) is 0 Å². The molecule has 1 saturated heterocycles. The van der Waals surface area contributed by atoms with Gasteiger partial charge in [0, 0.05) is 12.8 Å². The molecule has 21 heavy (non-hydrogen) atoms. The third-order valence-corrected chi connectivity index (χ3v) is 5.49. The highest BCUT2D eigenvalue weighted by Gasteiger charge is 2.47. The first-order valence-corrected chi connectivity index (χ1v) is 8.39. The van der Waals surface area contributed by atoms with E-state index >= 15 is 0 Å². The van der Waals surface area contributed by atoms with Crippen LogP contribution in [0.1, 0.15) is 32.3 Å². The van der Waals surface area contributed by atoms with Crippen molar-refractivity contribution in [3.05, 3.63) is 48.6 Å². The molecule has 0 aliphatic carbocycles. The number of benzene rings is 1. The zero-order valence-corrected chi connectivity index (χ0v) is 13.9. The molecule has 4 atom stereocenters. The van der Waals surface area contributed by atoms with Gasteiger partial charge in [-0.05, 0) is 12.5 Å². The fourth-order valence-electron chi connectivity index (χ4n) is 3.92. The van der Waals surface area contributed by atoms with Crippen molar-refractivity contribution in [2.75, 3.05) is 20.1 Å². The van der Waals surface area contributed by atoms with Crippen molar-refractivity contribution in [3.8, 4) is 0 Å². The number of nitrogens with one attached hydrogen (secondary N) is 1. The second-order valence-corrected chi connectivity index (χ2v) is 7.01. The monoisotopic (exact) mass is 288 g/mol. The number of piperidine rings is 1. The molecule has 2 rings (SSSR count). The molecule has 1 aliphatic rings. The number of hydrogen-bond donors (Lipinski definition) is 2. The minimum Gasteiger partial charge on any atom is -0.340 e. The summed E-state index contributed by atoms with van der Waals surface area (Å²) in [5, 5.41) is 2.62. The van der Waals surface area contributed by atoms with Crippen molar-refractivity contribution in [2.24, 2.45) is 5.92 Å². The third kappa shape index (κ3) is 3.96. The number of rotatable bonds is 6. The molecular formula is C19H32N2+2. The molecule has 0 spiro atoms. The van der Waals surface area contributed by atoms with Gasteiger partial charge in [-0.3, -0.25) is 0 Å². The van der Waals surface area contributed by atoms with Gasteiger partial charge in [-0.2, -0.15) is 0 Å². The summed E-state index contributed by atoms with van der Waals surface area (Å²) < 4.78 is 0. The Morgan fingerprint density at radius 2 is 2.05 bits per heavy atom. The Labute approximate surface area is 130 Å². The van der Waals surface area contributed by atoms with Gasteiger partial charge in [0.05, 0.1) is 38.5 Å². The van der Waals surface area contributed by atoms with Gasteiger partial charge in [-0.25, -0.2) is 0 Å². The van der Waals surface area contributed by atoms with Crippen LogP contribution in [-0.2, 0) is 6.42 Å². The Bertz CT molecular complexity index is 442. The van der Waals surface area contributed by atoms with Crippen LogP contribution in [0, 0.1) is 5.92 Å². The molecule has 3 N–H and O–H groups in total. The van der Waals surface area contributed by atoms with Crippen LogP contribution in [0.3, 0.4) is 0 Å². The van der Waals surface area contributed by atoms with E-state index < -0.39 is 0 Å². The maximum Gasteiger partial charge on any atom is 0.113 e. The van der Waals surface area contributed by atoms with Crippen LogP contribution in [-0.4, -0.2) is 31.7 Å². The van der Waals surface area contributed by atoms with Gasteiger partial charge in [0.25, 0.3) is 0 Å². The number of quaternary nitrogens is 2. The summed E-state index contributed by atoms with van der Waals surface area (Å²) in [5.74, 6) is 0.738. The first-order valence-electron chi connectivity index (χ1n) is 8.39. The predicted octanol–water partition coefficient (Wildman–Crippen LogP) is 1.05. The fourth-order valence-corrected chi connectivity index (χ4v) is 3.92. The number of likely N-dealkylation sites (tertiary alicyclic amines) is 1. The van der Waals surface area contributed by atoms with E-state index in [2.05, 4.69) is 69.2 Å². The summed E-state index contributed by atoms with van der Waals surface area (Å²) >= 11 is 0. The first-order chi connectivity index (χ1) is 10.1. The Morgan fingerprint density at radius 3 is 2.71 bits per heavy atom. The van der Waals surface area contributed by atoms with Crippen LogP contribution in [0.25, 0.3) is 0 Å². The molecular weight excluding hydrogens is 256 g/mol. The Kier molecular flexibility index (Phi) is 5.60. The minimum atomic E-state index is 0.357. The third-order valence-electron chi connectivity index (χ3n) is 5.49. The van der Waals surface area contributed by atoms with Gasteiger partial charge in [-0.15, -0.1) is 6.58 Å². The molecule has 1 unspecified atom stereocenters. The van der Waals surface area contributed by atoms with Crippen LogP contribution in [0.4, 0.5) is 0 Å². The van der Waals surface area contributed by atoms with Crippen molar-refractivity contribution >= 4 is 0 Å². The minimum absolute atomic E-state index is 0.357. The first kappa shape index (κ1) is 16.3. The van der Waals surface area contributed by atoms with Crippen LogP contribution >= 0.6 is 0 Å². The van der Waals surface area contributed by atoms with Crippen molar-refractivity contribution in [3.63, 3.8) is 0 Å². The van der Waals surface area contributed by atoms with Crippen molar-refractivity contribution < 1.29 is 10.2 Å². The van der Waals surface area contributed by atoms with Crippen molar-refractivity contribution in [2.45, 2.75) is 44.7 Å². The largest absolute Gasteiger partial charge is 0.340 e. The van der Waals surface area contributed by atoms with Crippen LogP contribution < -0.4 is 10.2 Å². The SMILES string of the molecule is C=CC[C@@]1([NH2+]CCc2ccccc2)C[C@@H](C)[NH+](C)C[C@H]1C. The van der Waals surface area contributed by atoms with Crippen LogP contribution in [0.15, 0.2) is 43.0 Å². The van der Waals surface area contributed by atoms with Gasteiger partial charge >= 0.3 is 0 Å². The molecule has 1 heterocycles. The van der Waals surface area contributed by atoms with E-state index in [1.807, 2.05) is 0 Å². The van der Waals surface area contributed by atoms with E-state index in [1.165, 1.54) is 25.1 Å². The van der Waals surface area contributed by atoms with E-state index in [0.29, 0.717) is 5.54 Å². The summed E-state index contributed by atoms with van der Waals surface area (Å²) in [4.78, 5) is 1.68. The molecule has 1 aromatic rings.